The van der Waals surface area contributed by atoms with Crippen molar-refractivity contribution in [1.82, 2.24) is 14.9 Å². The van der Waals surface area contributed by atoms with Crippen LogP contribution in [-0.4, -0.2) is 21.4 Å². The number of aromatic nitrogens is 2. The number of hydroxylamine groups is 1. The Bertz CT molecular complexity index is 687. The molecule has 0 saturated carbocycles. The van der Waals surface area contributed by atoms with E-state index in [-0.39, 0.29) is 17.2 Å². The summed E-state index contributed by atoms with van der Waals surface area (Å²) in [4.78, 5) is 34.8. The maximum atomic E-state index is 12.3. The fraction of sp³-hybridized carbons (Fsp3) is 0.417. The summed E-state index contributed by atoms with van der Waals surface area (Å²) in [5, 5.41) is 0. The Morgan fingerprint density at radius 2 is 2.16 bits per heavy atom. The molecule has 2 aromatic heterocycles. The van der Waals surface area contributed by atoms with Gasteiger partial charge < -0.3 is 0 Å². The van der Waals surface area contributed by atoms with Gasteiger partial charge in [-0.2, -0.15) is 0 Å². The Morgan fingerprint density at radius 1 is 1.47 bits per heavy atom. The van der Waals surface area contributed by atoms with Crippen LogP contribution < -0.4 is 11.0 Å². The molecule has 0 atom stereocenters. The molecule has 7 heteroatoms. The molecular weight excluding hydrogens is 266 g/mol. The number of nitrogens with zero attached hydrogens (tertiary/aromatic N) is 2. The molecule has 0 aliphatic heterocycles. The van der Waals surface area contributed by atoms with Gasteiger partial charge in [-0.3, -0.25) is 18.8 Å². The topological polar surface area (TPSA) is 72.7 Å². The first-order valence-electron chi connectivity index (χ1n) is 5.85. The number of rotatable bonds is 3. The summed E-state index contributed by atoms with van der Waals surface area (Å²) in [6.45, 7) is 7.30. The summed E-state index contributed by atoms with van der Waals surface area (Å²) in [7, 11) is 0. The molecule has 102 valence electrons. The Morgan fingerprint density at radius 3 is 2.79 bits per heavy atom. The van der Waals surface area contributed by atoms with Crippen molar-refractivity contribution < 1.29 is 9.63 Å². The second-order valence-corrected chi connectivity index (χ2v) is 5.62. The van der Waals surface area contributed by atoms with Gasteiger partial charge in [0.2, 0.25) is 0 Å². The lowest BCUT2D eigenvalue weighted by Crippen LogP contribution is -2.33. The van der Waals surface area contributed by atoms with Crippen molar-refractivity contribution in [2.75, 3.05) is 0 Å². The second kappa shape index (κ2) is 5.10. The summed E-state index contributed by atoms with van der Waals surface area (Å²) in [5.41, 5.74) is 2.64. The smallest absolute Gasteiger partial charge is 0.271 e. The summed E-state index contributed by atoms with van der Waals surface area (Å²) < 4.78 is 1.45. The van der Waals surface area contributed by atoms with Crippen molar-refractivity contribution >= 4 is 22.2 Å². The number of aryl methyl sites for hydroxylation is 2. The largest absolute Gasteiger partial charge is 0.282 e. The third-order valence-electron chi connectivity index (χ3n) is 2.65. The average molecular weight is 281 g/mol. The minimum atomic E-state index is -0.580. The van der Waals surface area contributed by atoms with Gasteiger partial charge in [0.05, 0.1) is 6.10 Å². The quantitative estimate of drug-likeness (QED) is 0.864. The predicted octanol–water partition coefficient (Wildman–Crippen LogP) is 1.44. The first kappa shape index (κ1) is 13.7. The van der Waals surface area contributed by atoms with Crippen molar-refractivity contribution in [1.29, 1.82) is 0 Å². The number of carbonyl (C=O) groups is 1. The zero-order chi connectivity index (χ0) is 14.2. The van der Waals surface area contributed by atoms with Gasteiger partial charge in [-0.25, -0.2) is 10.5 Å². The lowest BCUT2D eigenvalue weighted by molar-refractivity contribution is 0.0000531. The van der Waals surface area contributed by atoms with Gasteiger partial charge in [-0.05, 0) is 27.7 Å². The zero-order valence-electron chi connectivity index (χ0n) is 11.2. The van der Waals surface area contributed by atoms with E-state index in [9.17, 15) is 9.59 Å². The van der Waals surface area contributed by atoms with Crippen LogP contribution in [0.15, 0.2) is 11.0 Å². The van der Waals surface area contributed by atoms with Crippen molar-refractivity contribution in [3.63, 3.8) is 0 Å². The monoisotopic (exact) mass is 281 g/mol. The number of hydrogen-bond donors (Lipinski definition) is 1. The van der Waals surface area contributed by atoms with E-state index in [0.29, 0.717) is 4.96 Å². The standard InChI is InChI=1S/C12H15N3O3S/c1-6(2)18-14-10(16)9-5-13-12-15(11(9)17)7(3)8(4)19-12/h5-6H,1-4H3,(H,14,16). The van der Waals surface area contributed by atoms with Gasteiger partial charge in [-0.1, -0.05) is 0 Å². The lowest BCUT2D eigenvalue weighted by atomic mass is 10.3. The minimum absolute atomic E-state index is 0.0287. The third kappa shape index (κ3) is 2.52. The van der Waals surface area contributed by atoms with Crippen molar-refractivity contribution in [2.45, 2.75) is 33.8 Å². The summed E-state index contributed by atoms with van der Waals surface area (Å²) in [6.07, 6.45) is 1.13. The molecule has 1 amide bonds. The zero-order valence-corrected chi connectivity index (χ0v) is 12.0. The lowest BCUT2D eigenvalue weighted by Gasteiger charge is -2.08. The van der Waals surface area contributed by atoms with E-state index in [2.05, 4.69) is 10.5 Å². The number of carbonyl (C=O) groups excluding carboxylic acids is 1. The molecule has 0 fully saturated rings. The molecule has 2 rings (SSSR count). The molecule has 0 radical (unpaired) electrons. The molecule has 2 heterocycles. The first-order valence-corrected chi connectivity index (χ1v) is 6.67. The highest BCUT2D eigenvalue weighted by atomic mass is 32.1. The minimum Gasteiger partial charge on any atom is -0.271 e. The second-order valence-electron chi connectivity index (χ2n) is 4.44. The van der Waals surface area contributed by atoms with Crippen LogP contribution in [0.25, 0.3) is 4.96 Å². The van der Waals surface area contributed by atoms with Gasteiger partial charge in [0.25, 0.3) is 11.5 Å². The molecule has 0 aliphatic carbocycles. The molecule has 19 heavy (non-hydrogen) atoms. The van der Waals surface area contributed by atoms with Crippen LogP contribution in [0.1, 0.15) is 34.8 Å². The molecule has 0 bridgehead atoms. The number of hydrogen-bond acceptors (Lipinski definition) is 5. The number of thiazole rings is 1. The third-order valence-corrected chi connectivity index (χ3v) is 3.72. The van der Waals surface area contributed by atoms with Crippen LogP contribution in [0.3, 0.4) is 0 Å². The van der Waals surface area contributed by atoms with Crippen LogP contribution in [0, 0.1) is 13.8 Å². The van der Waals surface area contributed by atoms with E-state index in [1.165, 1.54) is 21.9 Å². The van der Waals surface area contributed by atoms with E-state index >= 15 is 0 Å². The Labute approximate surface area is 114 Å². The molecular formula is C12H15N3O3S. The van der Waals surface area contributed by atoms with E-state index in [1.807, 2.05) is 13.8 Å². The number of amides is 1. The van der Waals surface area contributed by atoms with Gasteiger partial charge in [0, 0.05) is 16.8 Å². The summed E-state index contributed by atoms with van der Waals surface area (Å²) in [5.74, 6) is -0.580. The molecule has 6 nitrogen and oxygen atoms in total. The summed E-state index contributed by atoms with van der Waals surface area (Å²) >= 11 is 1.42. The highest BCUT2D eigenvalue weighted by molar-refractivity contribution is 7.17. The van der Waals surface area contributed by atoms with Crippen LogP contribution in [0.2, 0.25) is 0 Å². The molecule has 1 N–H and O–H groups in total. The van der Waals surface area contributed by atoms with E-state index in [4.69, 9.17) is 4.84 Å². The van der Waals surface area contributed by atoms with Crippen molar-refractivity contribution in [3.8, 4) is 0 Å². The van der Waals surface area contributed by atoms with Crippen LogP contribution in [0.5, 0.6) is 0 Å². The van der Waals surface area contributed by atoms with Gasteiger partial charge in [-0.15, -0.1) is 11.3 Å². The normalized spacial score (nSPS) is 11.2. The fourth-order valence-electron chi connectivity index (χ4n) is 1.56. The highest BCUT2D eigenvalue weighted by Gasteiger charge is 2.16. The van der Waals surface area contributed by atoms with E-state index in [0.717, 1.165) is 10.6 Å². The van der Waals surface area contributed by atoms with Gasteiger partial charge in [0.15, 0.2) is 4.96 Å². The Kier molecular flexibility index (Phi) is 3.68. The van der Waals surface area contributed by atoms with E-state index in [1.54, 1.807) is 13.8 Å². The number of fused-ring (bicyclic) bond motifs is 1. The molecule has 0 unspecified atom stereocenters. The van der Waals surface area contributed by atoms with Gasteiger partial charge in [0.1, 0.15) is 5.56 Å². The van der Waals surface area contributed by atoms with Crippen LogP contribution in [-0.2, 0) is 4.84 Å². The molecule has 2 aromatic rings. The highest BCUT2D eigenvalue weighted by Crippen LogP contribution is 2.18. The van der Waals surface area contributed by atoms with Crippen LogP contribution in [0.4, 0.5) is 0 Å². The fourth-order valence-corrected chi connectivity index (χ4v) is 2.49. The Balaban J connectivity index is 2.45. The molecule has 0 aliphatic rings. The Hall–Kier alpha value is -1.73. The average Bonchev–Trinajstić information content (AvgIpc) is 2.63. The number of nitrogens with one attached hydrogen (secondary N) is 1. The molecule has 0 spiro atoms. The maximum Gasteiger partial charge on any atom is 0.282 e. The molecule has 0 aromatic carbocycles. The van der Waals surface area contributed by atoms with Crippen molar-refractivity contribution in [2.24, 2.45) is 0 Å². The first-order chi connectivity index (χ1) is 8.91. The SMILES string of the molecule is Cc1sc2ncc(C(=O)NOC(C)C)c(=O)n2c1C. The molecule has 0 saturated heterocycles. The van der Waals surface area contributed by atoms with Crippen LogP contribution >= 0.6 is 11.3 Å². The van der Waals surface area contributed by atoms with E-state index < -0.39 is 5.91 Å². The maximum absolute atomic E-state index is 12.3. The van der Waals surface area contributed by atoms with Crippen molar-refractivity contribution in [3.05, 3.63) is 32.7 Å². The predicted molar refractivity (Wildman–Crippen MR) is 72.5 cm³/mol. The van der Waals surface area contributed by atoms with Gasteiger partial charge >= 0.3 is 0 Å². The summed E-state index contributed by atoms with van der Waals surface area (Å²) in [6, 6.07) is 0.